The van der Waals surface area contributed by atoms with Gasteiger partial charge in [-0.2, -0.15) is 0 Å². The Hall–Kier alpha value is -0.600. The maximum Gasteiger partial charge on any atom is 0.0477 e. The molecule has 0 atom stereocenters. The summed E-state index contributed by atoms with van der Waals surface area (Å²) in [6.45, 7) is 4.58. The van der Waals surface area contributed by atoms with Crippen molar-refractivity contribution >= 4 is 22.7 Å². The van der Waals surface area contributed by atoms with Gasteiger partial charge in [-0.05, 0) is 59.7 Å². The summed E-state index contributed by atoms with van der Waals surface area (Å²) in [6.07, 6.45) is 16.2. The zero-order valence-corrected chi connectivity index (χ0v) is 17.2. The summed E-state index contributed by atoms with van der Waals surface area (Å²) < 4.78 is 0. The molecule has 0 aromatic carbocycles. The highest BCUT2D eigenvalue weighted by Crippen LogP contribution is 2.37. The monoisotopic (exact) mass is 362 g/mol. The second-order valence-electron chi connectivity index (χ2n) is 6.88. The van der Waals surface area contributed by atoms with Crippen LogP contribution in [0.3, 0.4) is 0 Å². The second-order valence-corrected chi connectivity index (χ2v) is 8.71. The van der Waals surface area contributed by atoms with Crippen molar-refractivity contribution < 1.29 is 0 Å². The number of thiophene rings is 2. The van der Waals surface area contributed by atoms with Crippen molar-refractivity contribution in [2.75, 3.05) is 0 Å². The standard InChI is InChI=1S/C22H34S2/c1-3-5-7-9-11-13-19-15-17-23-21(19)22-20(16-18-24-22)14-12-10-8-6-4-2/h15-18H,3-14H2,1-2H3. The fourth-order valence-corrected chi connectivity index (χ4v) is 5.45. The lowest BCUT2D eigenvalue weighted by Gasteiger charge is -2.06. The highest BCUT2D eigenvalue weighted by atomic mass is 32.1. The maximum atomic E-state index is 2.37. The Balaban J connectivity index is 1.88. The third-order valence-corrected chi connectivity index (χ3v) is 6.88. The average Bonchev–Trinajstić information content (AvgIpc) is 3.23. The van der Waals surface area contributed by atoms with Crippen molar-refractivity contribution in [2.45, 2.75) is 90.9 Å². The van der Waals surface area contributed by atoms with Crippen LogP contribution < -0.4 is 0 Å². The average molecular weight is 363 g/mol. The van der Waals surface area contributed by atoms with E-state index in [1.807, 2.05) is 22.7 Å². The minimum absolute atomic E-state index is 1.26. The Labute approximate surface area is 157 Å². The maximum absolute atomic E-state index is 2.37. The molecule has 2 aromatic rings. The predicted octanol–water partition coefficient (Wildman–Crippen LogP) is 8.50. The normalized spacial score (nSPS) is 11.2. The Morgan fingerprint density at radius 2 is 1.00 bits per heavy atom. The Bertz CT molecular complexity index is 500. The molecule has 2 aromatic heterocycles. The van der Waals surface area contributed by atoms with Gasteiger partial charge in [-0.15, -0.1) is 22.7 Å². The summed E-state index contributed by atoms with van der Waals surface area (Å²) in [4.78, 5) is 3.12. The van der Waals surface area contributed by atoms with Gasteiger partial charge in [0, 0.05) is 9.75 Å². The molecule has 2 heteroatoms. The molecule has 0 saturated heterocycles. The number of hydrogen-bond acceptors (Lipinski definition) is 2. The minimum Gasteiger partial charge on any atom is -0.143 e. The van der Waals surface area contributed by atoms with Crippen LogP contribution in [0.1, 0.15) is 89.2 Å². The lowest BCUT2D eigenvalue weighted by Crippen LogP contribution is -1.89. The molecule has 0 saturated carbocycles. The first-order chi connectivity index (χ1) is 11.9. The van der Waals surface area contributed by atoms with Gasteiger partial charge in [-0.1, -0.05) is 65.2 Å². The Morgan fingerprint density at radius 3 is 1.42 bits per heavy atom. The molecule has 0 radical (unpaired) electrons. The molecular formula is C22H34S2. The quantitative estimate of drug-likeness (QED) is 0.313. The fraction of sp³-hybridized carbons (Fsp3) is 0.636. The third kappa shape index (κ3) is 6.37. The van der Waals surface area contributed by atoms with Crippen LogP contribution in [0.15, 0.2) is 22.9 Å². The van der Waals surface area contributed by atoms with Gasteiger partial charge in [0.1, 0.15) is 0 Å². The van der Waals surface area contributed by atoms with Crippen LogP contribution >= 0.6 is 22.7 Å². The molecule has 0 N–H and O–H groups in total. The zero-order valence-electron chi connectivity index (χ0n) is 15.6. The third-order valence-electron chi connectivity index (χ3n) is 4.80. The molecule has 0 unspecified atom stereocenters. The summed E-state index contributed by atoms with van der Waals surface area (Å²) in [6, 6.07) is 4.73. The summed E-state index contributed by atoms with van der Waals surface area (Å²) in [5.41, 5.74) is 3.18. The van der Waals surface area contributed by atoms with Gasteiger partial charge in [-0.25, -0.2) is 0 Å². The van der Waals surface area contributed by atoms with E-state index in [2.05, 4.69) is 36.7 Å². The molecule has 2 heterocycles. The van der Waals surface area contributed by atoms with Gasteiger partial charge in [0.25, 0.3) is 0 Å². The summed E-state index contributed by atoms with van der Waals surface area (Å²) in [7, 11) is 0. The lowest BCUT2D eigenvalue weighted by atomic mass is 10.0. The van der Waals surface area contributed by atoms with Crippen molar-refractivity contribution in [1.29, 1.82) is 0 Å². The zero-order chi connectivity index (χ0) is 17.0. The van der Waals surface area contributed by atoms with Gasteiger partial charge >= 0.3 is 0 Å². The van der Waals surface area contributed by atoms with Gasteiger partial charge in [-0.3, -0.25) is 0 Å². The van der Waals surface area contributed by atoms with Crippen molar-refractivity contribution in [3.8, 4) is 9.75 Å². The van der Waals surface area contributed by atoms with E-state index in [1.54, 1.807) is 20.9 Å². The Morgan fingerprint density at radius 1 is 0.583 bits per heavy atom. The van der Waals surface area contributed by atoms with Crippen LogP contribution in [0.5, 0.6) is 0 Å². The number of hydrogen-bond donors (Lipinski definition) is 0. The molecule has 0 aliphatic rings. The van der Waals surface area contributed by atoms with E-state index in [9.17, 15) is 0 Å². The molecule has 24 heavy (non-hydrogen) atoms. The SMILES string of the molecule is CCCCCCCc1ccsc1-c1sccc1CCCCCCC. The van der Waals surface area contributed by atoms with Gasteiger partial charge < -0.3 is 0 Å². The van der Waals surface area contributed by atoms with Crippen molar-refractivity contribution in [2.24, 2.45) is 0 Å². The topological polar surface area (TPSA) is 0 Å². The first-order valence-corrected chi connectivity index (χ1v) is 11.8. The molecule has 0 aliphatic heterocycles. The molecule has 134 valence electrons. The fourth-order valence-electron chi connectivity index (χ4n) is 3.30. The van der Waals surface area contributed by atoms with Gasteiger partial charge in [0.15, 0.2) is 0 Å². The van der Waals surface area contributed by atoms with Crippen LogP contribution in [-0.4, -0.2) is 0 Å². The van der Waals surface area contributed by atoms with Crippen LogP contribution in [-0.2, 0) is 12.8 Å². The number of aryl methyl sites for hydroxylation is 2. The molecule has 0 bridgehead atoms. The predicted molar refractivity (Wildman–Crippen MR) is 113 cm³/mol. The largest absolute Gasteiger partial charge is 0.143 e. The van der Waals surface area contributed by atoms with Crippen LogP contribution in [0.4, 0.5) is 0 Å². The second kappa shape index (κ2) is 11.9. The first kappa shape index (κ1) is 19.7. The summed E-state index contributed by atoms with van der Waals surface area (Å²) in [5.74, 6) is 0. The van der Waals surface area contributed by atoms with E-state index in [4.69, 9.17) is 0 Å². The van der Waals surface area contributed by atoms with E-state index in [0.29, 0.717) is 0 Å². The highest BCUT2D eigenvalue weighted by molar-refractivity contribution is 7.20. The molecule has 0 amide bonds. The van der Waals surface area contributed by atoms with E-state index in [1.165, 1.54) is 77.0 Å². The number of unbranched alkanes of at least 4 members (excludes halogenated alkanes) is 8. The Kier molecular flexibility index (Phi) is 9.75. The van der Waals surface area contributed by atoms with E-state index >= 15 is 0 Å². The molecule has 0 spiro atoms. The molecule has 0 fully saturated rings. The smallest absolute Gasteiger partial charge is 0.0477 e. The van der Waals surface area contributed by atoms with Crippen LogP contribution in [0, 0.1) is 0 Å². The minimum atomic E-state index is 1.26. The van der Waals surface area contributed by atoms with Crippen LogP contribution in [0.2, 0.25) is 0 Å². The molecular weight excluding hydrogens is 328 g/mol. The van der Waals surface area contributed by atoms with E-state index in [0.717, 1.165) is 0 Å². The van der Waals surface area contributed by atoms with Crippen molar-refractivity contribution in [3.05, 3.63) is 34.0 Å². The van der Waals surface area contributed by atoms with E-state index in [-0.39, 0.29) is 0 Å². The first-order valence-electron chi connectivity index (χ1n) is 9.99. The van der Waals surface area contributed by atoms with Gasteiger partial charge in [0.05, 0.1) is 0 Å². The molecule has 0 aliphatic carbocycles. The molecule has 0 nitrogen and oxygen atoms in total. The lowest BCUT2D eigenvalue weighted by molar-refractivity contribution is 0.632. The van der Waals surface area contributed by atoms with Crippen LogP contribution in [0.25, 0.3) is 9.75 Å². The molecule has 2 rings (SSSR count). The van der Waals surface area contributed by atoms with Crippen molar-refractivity contribution in [3.63, 3.8) is 0 Å². The summed E-state index contributed by atoms with van der Waals surface area (Å²) >= 11 is 3.89. The van der Waals surface area contributed by atoms with Crippen molar-refractivity contribution in [1.82, 2.24) is 0 Å². The summed E-state index contributed by atoms with van der Waals surface area (Å²) in [5, 5.41) is 4.59. The van der Waals surface area contributed by atoms with E-state index < -0.39 is 0 Å². The highest BCUT2D eigenvalue weighted by Gasteiger charge is 2.12. The van der Waals surface area contributed by atoms with Gasteiger partial charge in [0.2, 0.25) is 0 Å². The number of rotatable bonds is 13.